The van der Waals surface area contributed by atoms with Crippen molar-refractivity contribution in [1.82, 2.24) is 4.90 Å². The Morgan fingerprint density at radius 1 is 1.20 bits per heavy atom. The molecule has 3 unspecified atom stereocenters. The van der Waals surface area contributed by atoms with E-state index in [1.807, 2.05) is 0 Å². The Hall–Kier alpha value is 0.0249. The highest BCUT2D eigenvalue weighted by Crippen LogP contribution is 2.41. The van der Waals surface area contributed by atoms with Crippen LogP contribution in [0.1, 0.15) is 52.4 Å². The van der Waals surface area contributed by atoms with Crippen LogP contribution in [0.5, 0.6) is 0 Å². The lowest BCUT2D eigenvalue weighted by atomic mass is 9.69. The van der Waals surface area contributed by atoms with Crippen molar-refractivity contribution in [2.75, 3.05) is 6.54 Å². The third-order valence-corrected chi connectivity index (χ3v) is 4.60. The third-order valence-electron chi connectivity index (χ3n) is 4.60. The average molecular weight is 207 g/mol. The molecule has 0 N–H and O–H groups in total. The molecule has 0 heterocycles. The topological polar surface area (TPSA) is 3.24 Å². The van der Waals surface area contributed by atoms with Crippen LogP contribution < -0.4 is 0 Å². The van der Waals surface area contributed by atoms with Gasteiger partial charge in [-0.3, -0.25) is 0 Å². The fourth-order valence-electron chi connectivity index (χ4n) is 4.01. The van der Waals surface area contributed by atoms with Crippen molar-refractivity contribution in [3.05, 3.63) is 0 Å². The number of hydrogen-bond acceptors (Lipinski definition) is 1. The molecule has 86 valence electrons. The highest BCUT2D eigenvalue weighted by molar-refractivity contribution is 6.11. The van der Waals surface area contributed by atoms with Crippen LogP contribution in [0.3, 0.4) is 0 Å². The maximum Gasteiger partial charge on any atom is 0.123 e. The molecule has 0 radical (unpaired) electrons. The number of rotatable bonds is 3. The summed E-state index contributed by atoms with van der Waals surface area (Å²) in [6.45, 7) is 5.92. The molecule has 0 spiro atoms. The zero-order valence-corrected chi connectivity index (χ0v) is 10.7. The summed E-state index contributed by atoms with van der Waals surface area (Å²) in [4.78, 5) is 2.73. The Morgan fingerprint density at radius 3 is 2.27 bits per heavy atom. The lowest BCUT2D eigenvalue weighted by Crippen LogP contribution is -2.46. The van der Waals surface area contributed by atoms with E-state index in [1.54, 1.807) is 6.42 Å². The molecular weight excluding hydrogens is 181 g/mol. The number of nitrogens with zero attached hydrogens (tertiary/aromatic N) is 1. The van der Waals surface area contributed by atoms with Gasteiger partial charge in [0.25, 0.3) is 0 Å². The van der Waals surface area contributed by atoms with Crippen LogP contribution in [0.2, 0.25) is 0 Å². The van der Waals surface area contributed by atoms with E-state index in [4.69, 9.17) is 0 Å². The van der Waals surface area contributed by atoms with Crippen molar-refractivity contribution in [2.45, 2.75) is 64.4 Å². The second-order valence-corrected chi connectivity index (χ2v) is 5.95. The van der Waals surface area contributed by atoms with Crippen molar-refractivity contribution in [2.24, 2.45) is 11.8 Å². The van der Waals surface area contributed by atoms with Gasteiger partial charge in [0, 0.05) is 6.04 Å². The molecule has 2 fully saturated rings. The van der Waals surface area contributed by atoms with Gasteiger partial charge in [0.15, 0.2) is 0 Å². The first-order chi connectivity index (χ1) is 7.20. The van der Waals surface area contributed by atoms with Gasteiger partial charge in [-0.2, -0.15) is 0 Å². The second-order valence-electron chi connectivity index (χ2n) is 5.95. The molecule has 2 saturated carbocycles. The van der Waals surface area contributed by atoms with Gasteiger partial charge in [0.1, 0.15) is 7.85 Å². The van der Waals surface area contributed by atoms with E-state index in [-0.39, 0.29) is 0 Å². The Kier molecular flexibility index (Phi) is 3.76. The molecule has 3 atom stereocenters. The van der Waals surface area contributed by atoms with E-state index in [0.29, 0.717) is 0 Å². The lowest BCUT2D eigenvalue weighted by molar-refractivity contribution is 0.0706. The summed E-state index contributed by atoms with van der Waals surface area (Å²) in [6.07, 6.45) is 9.07. The minimum Gasteiger partial charge on any atom is -0.306 e. The van der Waals surface area contributed by atoms with E-state index >= 15 is 0 Å². The Balaban J connectivity index is 1.97. The molecule has 0 aromatic heterocycles. The predicted molar refractivity (Wildman–Crippen MR) is 68.9 cm³/mol. The molecule has 0 aromatic rings. The summed E-state index contributed by atoms with van der Waals surface area (Å²) < 4.78 is 0. The molecule has 2 bridgehead atoms. The molecule has 2 aliphatic carbocycles. The van der Waals surface area contributed by atoms with Crippen LogP contribution in [-0.2, 0) is 0 Å². The Labute approximate surface area is 96.0 Å². The quantitative estimate of drug-likeness (QED) is 0.641. The van der Waals surface area contributed by atoms with Gasteiger partial charge in [-0.15, -0.1) is 0 Å². The molecule has 0 saturated heterocycles. The van der Waals surface area contributed by atoms with Crippen LogP contribution in [0.15, 0.2) is 0 Å². The van der Waals surface area contributed by atoms with Crippen molar-refractivity contribution < 1.29 is 0 Å². The fourth-order valence-corrected chi connectivity index (χ4v) is 4.01. The van der Waals surface area contributed by atoms with Crippen molar-refractivity contribution >= 4 is 7.85 Å². The second kappa shape index (κ2) is 4.90. The monoisotopic (exact) mass is 207 g/mol. The van der Waals surface area contributed by atoms with E-state index in [9.17, 15) is 0 Å². The van der Waals surface area contributed by atoms with Gasteiger partial charge in [0.2, 0.25) is 0 Å². The van der Waals surface area contributed by atoms with Crippen LogP contribution in [0.4, 0.5) is 0 Å². The molecule has 15 heavy (non-hydrogen) atoms. The van der Waals surface area contributed by atoms with Gasteiger partial charge < -0.3 is 4.90 Å². The van der Waals surface area contributed by atoms with Gasteiger partial charge in [-0.05, 0) is 43.6 Å². The van der Waals surface area contributed by atoms with Crippen molar-refractivity contribution in [1.29, 1.82) is 0 Å². The zero-order chi connectivity index (χ0) is 10.8. The molecule has 1 nitrogen and oxygen atoms in total. The molecule has 0 aliphatic heterocycles. The first-order valence-electron chi connectivity index (χ1n) is 6.96. The van der Waals surface area contributed by atoms with Crippen LogP contribution in [0.25, 0.3) is 0 Å². The Bertz CT molecular complexity index is 193. The molecule has 0 amide bonds. The van der Waals surface area contributed by atoms with Gasteiger partial charge in [-0.25, -0.2) is 0 Å². The zero-order valence-electron chi connectivity index (χ0n) is 10.7. The first kappa shape index (κ1) is 11.5. The van der Waals surface area contributed by atoms with E-state index in [0.717, 1.165) is 23.8 Å². The fraction of sp³-hybridized carbons (Fsp3) is 1.00. The standard InChI is InChI=1S/C13H26BN/c1-3-15(10(2)14)13-8-11-5-4-6-12(7-11)9-13/h10-13H,3-9,14H2,1-2H3. The van der Waals surface area contributed by atoms with Crippen LogP contribution in [-0.4, -0.2) is 31.3 Å². The summed E-state index contributed by atoms with van der Waals surface area (Å²) in [6, 6.07) is 0.902. The highest BCUT2D eigenvalue weighted by Gasteiger charge is 2.34. The van der Waals surface area contributed by atoms with Crippen LogP contribution in [0, 0.1) is 11.8 Å². The van der Waals surface area contributed by atoms with Crippen LogP contribution >= 0.6 is 0 Å². The summed E-state index contributed by atoms with van der Waals surface area (Å²) in [7, 11) is 2.36. The minimum absolute atomic E-state index is 0.735. The van der Waals surface area contributed by atoms with Gasteiger partial charge >= 0.3 is 0 Å². The third kappa shape index (κ3) is 2.58. The van der Waals surface area contributed by atoms with E-state index < -0.39 is 0 Å². The smallest absolute Gasteiger partial charge is 0.123 e. The first-order valence-corrected chi connectivity index (χ1v) is 6.96. The van der Waals surface area contributed by atoms with Gasteiger partial charge in [0.05, 0.1) is 0 Å². The summed E-state index contributed by atoms with van der Waals surface area (Å²) >= 11 is 0. The summed E-state index contributed by atoms with van der Waals surface area (Å²) in [5.41, 5.74) is 0. The maximum atomic E-state index is 2.73. The molecule has 0 aromatic carbocycles. The molecule has 2 aliphatic rings. The summed E-state index contributed by atoms with van der Waals surface area (Å²) in [5.74, 6) is 2.87. The van der Waals surface area contributed by atoms with E-state index in [1.165, 1.54) is 38.6 Å². The maximum absolute atomic E-state index is 2.73. The van der Waals surface area contributed by atoms with Crippen molar-refractivity contribution in [3.8, 4) is 0 Å². The normalized spacial score (nSPS) is 37.9. The van der Waals surface area contributed by atoms with Crippen molar-refractivity contribution in [3.63, 3.8) is 0 Å². The molecule has 2 heteroatoms. The number of fused-ring (bicyclic) bond motifs is 2. The lowest BCUT2D eigenvalue weighted by Gasteiger charge is -2.45. The van der Waals surface area contributed by atoms with E-state index in [2.05, 4.69) is 26.6 Å². The molecular formula is C13H26BN. The van der Waals surface area contributed by atoms with Gasteiger partial charge in [-0.1, -0.05) is 33.1 Å². The molecule has 2 rings (SSSR count). The highest BCUT2D eigenvalue weighted by atomic mass is 15.2. The average Bonchev–Trinajstić information content (AvgIpc) is 2.17. The Morgan fingerprint density at radius 2 is 1.80 bits per heavy atom. The predicted octanol–water partition coefficient (Wildman–Crippen LogP) is 2.26. The SMILES string of the molecule is BC(C)N(CC)C1CC2CCCC(C2)C1. The number of hydrogen-bond donors (Lipinski definition) is 0. The summed E-state index contributed by atoms with van der Waals surface area (Å²) in [5, 5.41) is 0. The minimum atomic E-state index is 0.735. The largest absolute Gasteiger partial charge is 0.306 e.